The van der Waals surface area contributed by atoms with Crippen molar-refractivity contribution in [3.05, 3.63) is 35.2 Å². The molecule has 2 unspecified atom stereocenters. The zero-order valence-corrected chi connectivity index (χ0v) is 9.87. The van der Waals surface area contributed by atoms with Crippen LogP contribution in [0, 0.1) is 0 Å². The van der Waals surface area contributed by atoms with Crippen molar-refractivity contribution >= 4 is 21.4 Å². The van der Waals surface area contributed by atoms with Gasteiger partial charge in [0.25, 0.3) is 0 Å². The van der Waals surface area contributed by atoms with Gasteiger partial charge < -0.3 is 10.5 Å². The first kappa shape index (κ1) is 10.3. The standard InChI is InChI=1S/C13H15NOS/c14-11-5-3-7-15-13(11)10-8-16-12-6-2-1-4-9(10)12/h1-2,4,6,8,11,13H,3,5,7,14H2. The van der Waals surface area contributed by atoms with Gasteiger partial charge in [-0.15, -0.1) is 11.3 Å². The maximum atomic E-state index is 6.14. The third-order valence-electron chi connectivity index (χ3n) is 3.19. The van der Waals surface area contributed by atoms with Gasteiger partial charge in [0.05, 0.1) is 6.10 Å². The van der Waals surface area contributed by atoms with E-state index >= 15 is 0 Å². The van der Waals surface area contributed by atoms with E-state index in [2.05, 4.69) is 29.6 Å². The molecule has 1 aromatic heterocycles. The fourth-order valence-corrected chi connectivity index (χ4v) is 3.33. The summed E-state index contributed by atoms with van der Waals surface area (Å²) in [6, 6.07) is 8.60. The smallest absolute Gasteiger partial charge is 0.0989 e. The first-order valence-electron chi connectivity index (χ1n) is 5.69. The van der Waals surface area contributed by atoms with Crippen molar-refractivity contribution in [1.29, 1.82) is 0 Å². The topological polar surface area (TPSA) is 35.2 Å². The summed E-state index contributed by atoms with van der Waals surface area (Å²) in [4.78, 5) is 0. The highest BCUT2D eigenvalue weighted by atomic mass is 32.1. The second-order valence-electron chi connectivity index (χ2n) is 4.28. The number of hydrogen-bond acceptors (Lipinski definition) is 3. The molecule has 3 heteroatoms. The van der Waals surface area contributed by atoms with Crippen molar-refractivity contribution in [2.45, 2.75) is 25.0 Å². The van der Waals surface area contributed by atoms with Crippen molar-refractivity contribution in [3.8, 4) is 0 Å². The molecule has 0 spiro atoms. The lowest BCUT2D eigenvalue weighted by Crippen LogP contribution is -2.34. The van der Waals surface area contributed by atoms with Crippen LogP contribution in [0.2, 0.25) is 0 Å². The van der Waals surface area contributed by atoms with Crippen molar-refractivity contribution in [2.24, 2.45) is 5.73 Å². The molecule has 2 atom stereocenters. The number of thiophene rings is 1. The van der Waals surface area contributed by atoms with Gasteiger partial charge in [-0.2, -0.15) is 0 Å². The largest absolute Gasteiger partial charge is 0.372 e. The van der Waals surface area contributed by atoms with E-state index in [1.807, 2.05) is 0 Å². The molecule has 0 radical (unpaired) electrons. The summed E-state index contributed by atoms with van der Waals surface area (Å²) in [5, 5.41) is 3.50. The van der Waals surface area contributed by atoms with Crippen LogP contribution in [0.4, 0.5) is 0 Å². The van der Waals surface area contributed by atoms with Crippen LogP contribution >= 0.6 is 11.3 Å². The SMILES string of the molecule is NC1CCCOC1c1csc2ccccc12. The van der Waals surface area contributed by atoms with Gasteiger partial charge in [0.1, 0.15) is 0 Å². The first-order chi connectivity index (χ1) is 7.86. The quantitative estimate of drug-likeness (QED) is 0.821. The van der Waals surface area contributed by atoms with Gasteiger partial charge in [-0.1, -0.05) is 18.2 Å². The van der Waals surface area contributed by atoms with Crippen molar-refractivity contribution in [2.75, 3.05) is 6.61 Å². The van der Waals surface area contributed by atoms with E-state index in [1.54, 1.807) is 11.3 Å². The molecule has 0 amide bonds. The van der Waals surface area contributed by atoms with Gasteiger partial charge in [-0.3, -0.25) is 0 Å². The Balaban J connectivity index is 2.04. The molecule has 1 aromatic carbocycles. The average molecular weight is 233 g/mol. The monoisotopic (exact) mass is 233 g/mol. The molecule has 2 nitrogen and oxygen atoms in total. The predicted molar refractivity (Wildman–Crippen MR) is 67.7 cm³/mol. The minimum Gasteiger partial charge on any atom is -0.372 e. The molecule has 3 rings (SSSR count). The molecule has 0 aliphatic carbocycles. The van der Waals surface area contributed by atoms with Crippen molar-refractivity contribution in [1.82, 2.24) is 0 Å². The van der Waals surface area contributed by atoms with Crippen LogP contribution in [-0.4, -0.2) is 12.6 Å². The second kappa shape index (κ2) is 4.17. The summed E-state index contributed by atoms with van der Waals surface area (Å²) in [6.45, 7) is 0.836. The Kier molecular flexibility index (Phi) is 2.67. The van der Waals surface area contributed by atoms with Gasteiger partial charge in [0.15, 0.2) is 0 Å². The number of ether oxygens (including phenoxy) is 1. The Morgan fingerprint density at radius 2 is 2.19 bits per heavy atom. The summed E-state index contributed by atoms with van der Waals surface area (Å²) in [5.74, 6) is 0. The van der Waals surface area contributed by atoms with Crippen LogP contribution in [0.3, 0.4) is 0 Å². The van der Waals surface area contributed by atoms with E-state index < -0.39 is 0 Å². The molecule has 1 aliphatic heterocycles. The summed E-state index contributed by atoms with van der Waals surface area (Å²) < 4.78 is 7.14. The Labute approximate surface area is 99.0 Å². The zero-order chi connectivity index (χ0) is 11.0. The number of benzene rings is 1. The average Bonchev–Trinajstić information content (AvgIpc) is 2.74. The lowest BCUT2D eigenvalue weighted by molar-refractivity contribution is 0.00124. The van der Waals surface area contributed by atoms with Crippen LogP contribution < -0.4 is 5.73 Å². The molecule has 0 saturated carbocycles. The van der Waals surface area contributed by atoms with Crippen LogP contribution in [0.25, 0.3) is 10.1 Å². The Morgan fingerprint density at radius 1 is 1.31 bits per heavy atom. The van der Waals surface area contributed by atoms with E-state index in [0.29, 0.717) is 0 Å². The summed E-state index contributed by atoms with van der Waals surface area (Å²) in [7, 11) is 0. The lowest BCUT2D eigenvalue weighted by atomic mass is 9.96. The Morgan fingerprint density at radius 3 is 3.06 bits per heavy atom. The molecular formula is C13H15NOS. The summed E-state index contributed by atoms with van der Waals surface area (Å²) >= 11 is 1.77. The summed E-state index contributed by atoms with van der Waals surface area (Å²) in [5.41, 5.74) is 7.41. The first-order valence-corrected chi connectivity index (χ1v) is 6.57. The van der Waals surface area contributed by atoms with E-state index in [9.17, 15) is 0 Å². The fourth-order valence-electron chi connectivity index (χ4n) is 2.34. The molecule has 0 bridgehead atoms. The second-order valence-corrected chi connectivity index (χ2v) is 5.20. The van der Waals surface area contributed by atoms with Gasteiger partial charge in [-0.25, -0.2) is 0 Å². The number of fused-ring (bicyclic) bond motifs is 1. The van der Waals surface area contributed by atoms with Gasteiger partial charge >= 0.3 is 0 Å². The molecule has 2 N–H and O–H groups in total. The molecule has 84 valence electrons. The van der Waals surface area contributed by atoms with Crippen molar-refractivity contribution < 1.29 is 4.74 Å². The van der Waals surface area contributed by atoms with Gasteiger partial charge in [-0.05, 0) is 29.7 Å². The minimum atomic E-state index is 0.0879. The Bertz CT molecular complexity index is 493. The maximum absolute atomic E-state index is 6.14. The fraction of sp³-hybridized carbons (Fsp3) is 0.385. The van der Waals surface area contributed by atoms with Crippen LogP contribution in [-0.2, 0) is 4.74 Å². The predicted octanol–water partition coefficient (Wildman–Crippen LogP) is 3.08. The molecule has 1 fully saturated rings. The summed E-state index contributed by atoms with van der Waals surface area (Å²) in [6.07, 6.45) is 2.24. The zero-order valence-electron chi connectivity index (χ0n) is 9.06. The number of rotatable bonds is 1. The molecule has 1 saturated heterocycles. The van der Waals surface area contributed by atoms with E-state index in [0.717, 1.165) is 19.4 Å². The van der Waals surface area contributed by atoms with Gasteiger partial charge in [0.2, 0.25) is 0 Å². The van der Waals surface area contributed by atoms with Gasteiger partial charge in [0, 0.05) is 22.9 Å². The molecule has 16 heavy (non-hydrogen) atoms. The molecule has 1 aliphatic rings. The lowest BCUT2D eigenvalue weighted by Gasteiger charge is -2.28. The van der Waals surface area contributed by atoms with Crippen LogP contribution in [0.1, 0.15) is 24.5 Å². The van der Waals surface area contributed by atoms with Crippen molar-refractivity contribution in [3.63, 3.8) is 0 Å². The highest BCUT2D eigenvalue weighted by Crippen LogP contribution is 2.35. The third-order valence-corrected chi connectivity index (χ3v) is 4.17. The van der Waals surface area contributed by atoms with E-state index in [-0.39, 0.29) is 12.1 Å². The van der Waals surface area contributed by atoms with E-state index in [4.69, 9.17) is 10.5 Å². The normalized spacial score (nSPS) is 26.1. The molecular weight excluding hydrogens is 218 g/mol. The number of nitrogens with two attached hydrogens (primary N) is 1. The van der Waals surface area contributed by atoms with E-state index in [1.165, 1.54) is 15.6 Å². The Hall–Kier alpha value is -0.900. The highest BCUT2D eigenvalue weighted by Gasteiger charge is 2.26. The van der Waals surface area contributed by atoms with Crippen LogP contribution in [0.5, 0.6) is 0 Å². The van der Waals surface area contributed by atoms with Crippen LogP contribution in [0.15, 0.2) is 29.6 Å². The molecule has 2 aromatic rings. The number of hydrogen-bond donors (Lipinski definition) is 1. The highest BCUT2D eigenvalue weighted by molar-refractivity contribution is 7.17. The minimum absolute atomic E-state index is 0.0879. The third kappa shape index (κ3) is 1.65. The molecule has 2 heterocycles. The maximum Gasteiger partial charge on any atom is 0.0989 e.